The van der Waals surface area contributed by atoms with E-state index in [9.17, 15) is 14.4 Å². The Morgan fingerprint density at radius 2 is 1.70 bits per heavy atom. The van der Waals surface area contributed by atoms with Crippen molar-refractivity contribution < 1.29 is 24.0 Å². The van der Waals surface area contributed by atoms with Gasteiger partial charge in [-0.05, 0) is 24.5 Å². The number of hydrogen-bond acceptors (Lipinski definition) is 5. The average molecular weight is 313 g/mol. The van der Waals surface area contributed by atoms with Gasteiger partial charge in [-0.3, -0.25) is 9.59 Å². The Bertz CT molecular complexity index is 670. The zero-order chi connectivity index (χ0) is 16.0. The van der Waals surface area contributed by atoms with Crippen molar-refractivity contribution in [2.45, 2.75) is 25.0 Å². The Kier molecular flexibility index (Phi) is 3.27. The largest absolute Gasteiger partial charge is 0.373 e. The fourth-order valence-corrected chi connectivity index (χ4v) is 3.62. The van der Waals surface area contributed by atoms with Gasteiger partial charge in [-0.2, -0.15) is 0 Å². The third-order valence-corrected chi connectivity index (χ3v) is 4.64. The van der Waals surface area contributed by atoms with Crippen molar-refractivity contribution in [3.63, 3.8) is 0 Å². The highest BCUT2D eigenvalue weighted by atomic mass is 16.7. The maximum atomic E-state index is 12.3. The third-order valence-electron chi connectivity index (χ3n) is 4.64. The second-order valence-electron chi connectivity index (χ2n) is 5.97. The number of carbonyl (C=O) groups is 3. The smallest absolute Gasteiger partial charge is 0.356 e. The molecular formula is C17H15NO5. The van der Waals surface area contributed by atoms with Gasteiger partial charge in [-0.25, -0.2) is 4.79 Å². The Morgan fingerprint density at radius 1 is 1.09 bits per heavy atom. The van der Waals surface area contributed by atoms with Gasteiger partial charge in [0.25, 0.3) is 11.8 Å². The summed E-state index contributed by atoms with van der Waals surface area (Å²) in [5.74, 6) is -2.66. The summed E-state index contributed by atoms with van der Waals surface area (Å²) < 4.78 is 5.62. The van der Waals surface area contributed by atoms with Gasteiger partial charge in [-0.1, -0.05) is 30.3 Å². The number of rotatable bonds is 3. The van der Waals surface area contributed by atoms with Crippen LogP contribution in [0.5, 0.6) is 0 Å². The topological polar surface area (TPSA) is 72.9 Å². The molecule has 0 radical (unpaired) electrons. The van der Waals surface area contributed by atoms with Gasteiger partial charge in [-0.15, -0.1) is 5.06 Å². The van der Waals surface area contributed by atoms with Crippen LogP contribution in [-0.2, 0) is 24.0 Å². The maximum absolute atomic E-state index is 12.3. The van der Waals surface area contributed by atoms with Gasteiger partial charge in [0.2, 0.25) is 0 Å². The molecule has 0 aromatic heterocycles. The van der Waals surface area contributed by atoms with Crippen LogP contribution in [0.1, 0.15) is 18.4 Å². The molecule has 6 nitrogen and oxygen atoms in total. The lowest BCUT2D eigenvalue weighted by Gasteiger charge is -2.14. The molecule has 0 spiro atoms. The molecule has 3 saturated heterocycles. The summed E-state index contributed by atoms with van der Waals surface area (Å²) in [6.45, 7) is 0. The first-order valence-corrected chi connectivity index (χ1v) is 7.63. The SMILES string of the molecule is O=C(/C=C/c1ccccc1)ON1C(=O)C2C(C1=O)[C@H]1CC[C@@H]2O1. The van der Waals surface area contributed by atoms with Crippen LogP contribution in [0.15, 0.2) is 36.4 Å². The number of nitrogens with zero attached hydrogens (tertiary/aromatic N) is 1. The quantitative estimate of drug-likeness (QED) is 0.621. The number of imide groups is 1. The van der Waals surface area contributed by atoms with E-state index >= 15 is 0 Å². The molecule has 2 unspecified atom stereocenters. The molecule has 0 N–H and O–H groups in total. The number of benzene rings is 1. The van der Waals surface area contributed by atoms with Crippen LogP contribution in [0.3, 0.4) is 0 Å². The van der Waals surface area contributed by atoms with Gasteiger partial charge in [0.1, 0.15) is 0 Å². The second-order valence-corrected chi connectivity index (χ2v) is 5.97. The van der Waals surface area contributed by atoms with Crippen molar-refractivity contribution in [3.8, 4) is 0 Å². The lowest BCUT2D eigenvalue weighted by molar-refractivity contribution is -0.196. The summed E-state index contributed by atoms with van der Waals surface area (Å²) in [6, 6.07) is 9.21. The highest BCUT2D eigenvalue weighted by Gasteiger charge is 2.63. The first kappa shape index (κ1) is 14.1. The highest BCUT2D eigenvalue weighted by Crippen LogP contribution is 2.48. The Labute approximate surface area is 132 Å². The minimum absolute atomic E-state index is 0.218. The molecule has 4 atom stereocenters. The van der Waals surface area contributed by atoms with Crippen molar-refractivity contribution in [1.82, 2.24) is 5.06 Å². The predicted octanol–water partition coefficient (Wildman–Crippen LogP) is 1.32. The standard InChI is InChI=1S/C17H15NO5/c19-13(9-6-10-4-2-1-3-5-10)23-18-16(20)14-11-7-8-12(22-11)15(14)17(18)21/h1-6,9,11-12,14-15H,7-8H2/b9-6+/t11-,12+,14?,15?. The number of fused-ring (bicyclic) bond motifs is 5. The van der Waals surface area contributed by atoms with Gasteiger partial charge < -0.3 is 9.57 Å². The summed E-state index contributed by atoms with van der Waals surface area (Å²) in [4.78, 5) is 41.5. The third kappa shape index (κ3) is 2.26. The fourth-order valence-electron chi connectivity index (χ4n) is 3.62. The number of amides is 2. The Hall–Kier alpha value is -2.47. The van der Waals surface area contributed by atoms with Crippen LogP contribution in [0.4, 0.5) is 0 Å². The molecule has 0 saturated carbocycles. The van der Waals surface area contributed by atoms with E-state index in [1.807, 2.05) is 30.3 Å². The molecule has 2 bridgehead atoms. The second kappa shape index (κ2) is 5.31. The highest BCUT2D eigenvalue weighted by molar-refractivity contribution is 6.06. The van der Waals surface area contributed by atoms with E-state index in [-0.39, 0.29) is 12.2 Å². The van der Waals surface area contributed by atoms with Crippen molar-refractivity contribution in [2.75, 3.05) is 0 Å². The fraction of sp³-hybridized carbons (Fsp3) is 0.353. The van der Waals surface area contributed by atoms with Gasteiger partial charge in [0.05, 0.1) is 24.0 Å². The number of hydrogen-bond donors (Lipinski definition) is 0. The summed E-state index contributed by atoms with van der Waals surface area (Å²) >= 11 is 0. The maximum Gasteiger partial charge on any atom is 0.356 e. The molecular weight excluding hydrogens is 298 g/mol. The molecule has 1 aromatic rings. The van der Waals surface area contributed by atoms with Crippen LogP contribution < -0.4 is 0 Å². The zero-order valence-corrected chi connectivity index (χ0v) is 12.3. The molecule has 3 fully saturated rings. The average Bonchev–Trinajstić information content (AvgIpc) is 3.24. The minimum Gasteiger partial charge on any atom is -0.373 e. The van der Waals surface area contributed by atoms with E-state index in [2.05, 4.69) is 0 Å². The van der Waals surface area contributed by atoms with Crippen molar-refractivity contribution >= 4 is 23.9 Å². The first-order valence-electron chi connectivity index (χ1n) is 7.63. The normalized spacial score (nSPS) is 31.9. The lowest BCUT2D eigenvalue weighted by Crippen LogP contribution is -2.35. The van der Waals surface area contributed by atoms with Crippen LogP contribution in [0.25, 0.3) is 6.08 Å². The molecule has 2 amide bonds. The minimum atomic E-state index is -0.746. The van der Waals surface area contributed by atoms with Crippen molar-refractivity contribution in [2.24, 2.45) is 11.8 Å². The Morgan fingerprint density at radius 3 is 2.30 bits per heavy atom. The number of carbonyl (C=O) groups excluding carboxylic acids is 3. The zero-order valence-electron chi connectivity index (χ0n) is 12.3. The summed E-state index contributed by atoms with van der Waals surface area (Å²) in [5, 5.41) is 0.626. The van der Waals surface area contributed by atoms with E-state index in [1.54, 1.807) is 6.08 Å². The van der Waals surface area contributed by atoms with Gasteiger partial charge in [0, 0.05) is 6.08 Å². The molecule has 3 aliphatic heterocycles. The van der Waals surface area contributed by atoms with Crippen molar-refractivity contribution in [1.29, 1.82) is 0 Å². The lowest BCUT2D eigenvalue weighted by atomic mass is 9.81. The van der Waals surface area contributed by atoms with E-state index in [0.29, 0.717) is 5.06 Å². The number of hydroxylamine groups is 2. The molecule has 3 aliphatic rings. The van der Waals surface area contributed by atoms with Gasteiger partial charge in [0.15, 0.2) is 0 Å². The van der Waals surface area contributed by atoms with Crippen LogP contribution in [0.2, 0.25) is 0 Å². The van der Waals surface area contributed by atoms with E-state index in [1.165, 1.54) is 6.08 Å². The summed E-state index contributed by atoms with van der Waals surface area (Å²) in [5.41, 5.74) is 0.826. The van der Waals surface area contributed by atoms with E-state index < -0.39 is 29.6 Å². The molecule has 1 aromatic carbocycles. The molecule has 4 rings (SSSR count). The molecule has 0 aliphatic carbocycles. The monoisotopic (exact) mass is 313 g/mol. The van der Waals surface area contributed by atoms with E-state index in [0.717, 1.165) is 18.4 Å². The van der Waals surface area contributed by atoms with Crippen LogP contribution >= 0.6 is 0 Å². The van der Waals surface area contributed by atoms with Crippen LogP contribution in [-0.4, -0.2) is 35.1 Å². The summed E-state index contributed by atoms with van der Waals surface area (Å²) in [7, 11) is 0. The van der Waals surface area contributed by atoms with Gasteiger partial charge >= 0.3 is 5.97 Å². The molecule has 118 valence electrons. The Balaban J connectivity index is 1.45. The van der Waals surface area contributed by atoms with E-state index in [4.69, 9.17) is 9.57 Å². The number of ether oxygens (including phenoxy) is 1. The summed E-state index contributed by atoms with van der Waals surface area (Å²) in [6.07, 6.45) is 3.90. The molecule has 3 heterocycles. The van der Waals surface area contributed by atoms with Crippen molar-refractivity contribution in [3.05, 3.63) is 42.0 Å². The first-order chi connectivity index (χ1) is 11.1. The predicted molar refractivity (Wildman–Crippen MR) is 78.3 cm³/mol. The molecule has 23 heavy (non-hydrogen) atoms. The van der Waals surface area contributed by atoms with Crippen LogP contribution in [0, 0.1) is 11.8 Å². The molecule has 6 heteroatoms.